The molecule has 2 aromatic heterocycles. The summed E-state index contributed by atoms with van der Waals surface area (Å²) in [6.45, 7) is 2.65. The van der Waals surface area contributed by atoms with Crippen LogP contribution in [0.15, 0.2) is 24.3 Å². The molecule has 4 atom stereocenters. The molecule has 0 saturated carbocycles. The van der Waals surface area contributed by atoms with Gasteiger partial charge in [0.25, 0.3) is 0 Å². The second-order valence-electron chi connectivity index (χ2n) is 12.2. The second-order valence-corrected chi connectivity index (χ2v) is 12.7. The van der Waals surface area contributed by atoms with Crippen LogP contribution in [0.2, 0.25) is 5.02 Å². The Morgan fingerprint density at radius 2 is 1.91 bits per heavy atom. The van der Waals surface area contributed by atoms with Gasteiger partial charge < -0.3 is 20.7 Å². The third-order valence-electron chi connectivity index (χ3n) is 9.52. The Morgan fingerprint density at radius 3 is 2.72 bits per heavy atom. The van der Waals surface area contributed by atoms with Gasteiger partial charge in [0, 0.05) is 48.9 Å². The van der Waals surface area contributed by atoms with E-state index in [0.717, 1.165) is 32.2 Å². The summed E-state index contributed by atoms with van der Waals surface area (Å²) in [5.41, 5.74) is 5.31. The summed E-state index contributed by atoms with van der Waals surface area (Å²) in [6.07, 6.45) is 3.26. The first-order valence-electron chi connectivity index (χ1n) is 14.7. The SMILES string of the molecule is Nc1nc(-c2c(F)cc3c(N4CC5CCC(C4)N5)nc(OC[C@@]45CCCN4C[C@H](F)C5)nc3c2F)c2c(Cl)cccc2n1. The zero-order chi connectivity index (χ0) is 29.5. The maximum absolute atomic E-state index is 16.7. The number of ether oxygens (including phenoxy) is 1. The molecule has 4 aliphatic rings. The molecular formula is C30H30ClF3N8O. The van der Waals surface area contributed by atoms with Crippen LogP contribution < -0.4 is 20.7 Å². The lowest BCUT2D eigenvalue weighted by atomic mass is 9.95. The highest BCUT2D eigenvalue weighted by Crippen LogP contribution is 2.42. The summed E-state index contributed by atoms with van der Waals surface area (Å²) in [5.74, 6) is -1.51. The molecule has 2 bridgehead atoms. The number of fused-ring (bicyclic) bond motifs is 5. The van der Waals surface area contributed by atoms with E-state index >= 15 is 8.78 Å². The lowest BCUT2D eigenvalue weighted by molar-refractivity contribution is 0.107. The van der Waals surface area contributed by atoms with Gasteiger partial charge in [0.2, 0.25) is 5.95 Å². The predicted molar refractivity (Wildman–Crippen MR) is 158 cm³/mol. The highest BCUT2D eigenvalue weighted by molar-refractivity contribution is 6.36. The number of rotatable bonds is 5. The topological polar surface area (TPSA) is 105 Å². The third kappa shape index (κ3) is 4.44. The molecule has 2 aromatic carbocycles. The molecule has 2 unspecified atom stereocenters. The van der Waals surface area contributed by atoms with E-state index in [1.165, 1.54) is 6.07 Å². The first kappa shape index (κ1) is 27.1. The van der Waals surface area contributed by atoms with Gasteiger partial charge in [0.15, 0.2) is 5.82 Å². The number of aromatic nitrogens is 4. The third-order valence-corrected chi connectivity index (χ3v) is 9.83. The minimum Gasteiger partial charge on any atom is -0.461 e. The van der Waals surface area contributed by atoms with Gasteiger partial charge in [-0.1, -0.05) is 17.7 Å². The lowest BCUT2D eigenvalue weighted by Gasteiger charge is -2.34. The number of halogens is 4. The molecule has 0 amide bonds. The highest BCUT2D eigenvalue weighted by Gasteiger charge is 2.49. The average molecular weight is 611 g/mol. The smallest absolute Gasteiger partial charge is 0.319 e. The zero-order valence-corrected chi connectivity index (χ0v) is 24.0. The molecule has 3 N–H and O–H groups in total. The number of hydrogen-bond acceptors (Lipinski definition) is 9. The zero-order valence-electron chi connectivity index (χ0n) is 23.3. The fourth-order valence-corrected chi connectivity index (χ4v) is 7.90. The van der Waals surface area contributed by atoms with Crippen molar-refractivity contribution in [2.45, 2.75) is 55.9 Å². The fourth-order valence-electron chi connectivity index (χ4n) is 7.64. The van der Waals surface area contributed by atoms with Gasteiger partial charge in [0.1, 0.15) is 29.9 Å². The molecule has 4 aromatic rings. The molecule has 0 spiro atoms. The van der Waals surface area contributed by atoms with Crippen LogP contribution in [0.25, 0.3) is 33.1 Å². The molecule has 8 rings (SSSR count). The van der Waals surface area contributed by atoms with E-state index < -0.39 is 28.9 Å². The van der Waals surface area contributed by atoms with Crippen LogP contribution in [0.3, 0.4) is 0 Å². The van der Waals surface area contributed by atoms with Crippen molar-refractivity contribution in [3.05, 3.63) is 40.9 Å². The van der Waals surface area contributed by atoms with Crippen LogP contribution in [0.4, 0.5) is 24.9 Å². The molecular weight excluding hydrogens is 581 g/mol. The van der Waals surface area contributed by atoms with Crippen molar-refractivity contribution in [2.75, 3.05) is 43.4 Å². The maximum Gasteiger partial charge on any atom is 0.319 e. The largest absolute Gasteiger partial charge is 0.461 e. The minimum absolute atomic E-state index is 0.0292. The highest BCUT2D eigenvalue weighted by atomic mass is 35.5. The Hall–Kier alpha value is -3.48. The standard InChI is InChI=1S/C30H30ClF3N8O/c31-19-3-1-4-21-22(19)26(38-28(35)37-21)23-20(33)9-18-25(24(23)34)39-29(40-27(18)41-12-16-5-6-17(13-41)36-16)43-14-30-7-2-8-42(30)11-15(32)10-30/h1,3-4,9,15-17,36H,2,5-8,10-14H2,(H2,35,37,38)/t15-,16?,17?,30+/m1/s1. The van der Waals surface area contributed by atoms with E-state index in [9.17, 15) is 4.39 Å². The van der Waals surface area contributed by atoms with Crippen LogP contribution >= 0.6 is 11.6 Å². The van der Waals surface area contributed by atoms with Crippen LogP contribution in [0, 0.1) is 11.6 Å². The van der Waals surface area contributed by atoms with Crippen molar-refractivity contribution in [1.82, 2.24) is 30.2 Å². The molecule has 0 aliphatic carbocycles. The van der Waals surface area contributed by atoms with Gasteiger partial charge in [-0.05, 0) is 50.4 Å². The Balaban J connectivity index is 1.28. The van der Waals surface area contributed by atoms with Gasteiger partial charge in [-0.15, -0.1) is 0 Å². The van der Waals surface area contributed by atoms with Crippen LogP contribution in [0.5, 0.6) is 6.01 Å². The Labute approximate surface area is 250 Å². The molecule has 4 saturated heterocycles. The summed E-state index contributed by atoms with van der Waals surface area (Å²) in [6, 6.07) is 6.67. The summed E-state index contributed by atoms with van der Waals surface area (Å²) in [4.78, 5) is 21.8. The van der Waals surface area contributed by atoms with Gasteiger partial charge in [-0.2, -0.15) is 9.97 Å². The van der Waals surface area contributed by atoms with Crippen molar-refractivity contribution in [2.24, 2.45) is 0 Å². The average Bonchev–Trinajstić information content (AvgIpc) is 3.62. The predicted octanol–water partition coefficient (Wildman–Crippen LogP) is 4.65. The number of alkyl halides is 1. The first-order valence-corrected chi connectivity index (χ1v) is 15.1. The van der Waals surface area contributed by atoms with Crippen molar-refractivity contribution < 1.29 is 17.9 Å². The van der Waals surface area contributed by atoms with Crippen LogP contribution in [0.1, 0.15) is 32.1 Å². The number of anilines is 2. The van der Waals surface area contributed by atoms with Crippen LogP contribution in [-0.4, -0.2) is 81.4 Å². The second kappa shape index (κ2) is 10.0. The van der Waals surface area contributed by atoms with E-state index in [2.05, 4.69) is 30.1 Å². The molecule has 4 fully saturated rings. The van der Waals surface area contributed by atoms with Gasteiger partial charge >= 0.3 is 6.01 Å². The fraction of sp³-hybridized carbons (Fsp3) is 0.467. The number of nitrogens with zero attached hydrogens (tertiary/aromatic N) is 6. The number of nitrogen functional groups attached to an aromatic ring is 1. The first-order chi connectivity index (χ1) is 20.8. The summed E-state index contributed by atoms with van der Waals surface area (Å²) in [5, 5.41) is 4.33. The monoisotopic (exact) mass is 610 g/mol. The van der Waals surface area contributed by atoms with Gasteiger partial charge in [0.05, 0.1) is 27.3 Å². The molecule has 13 heteroatoms. The Kier molecular flexibility index (Phi) is 6.32. The molecule has 0 radical (unpaired) electrons. The molecule has 4 aliphatic heterocycles. The van der Waals surface area contributed by atoms with Gasteiger partial charge in [-0.3, -0.25) is 4.90 Å². The van der Waals surface area contributed by atoms with E-state index in [1.807, 2.05) is 0 Å². The molecule has 9 nitrogen and oxygen atoms in total. The van der Waals surface area contributed by atoms with E-state index in [-0.39, 0.29) is 57.7 Å². The number of nitrogens with one attached hydrogen (secondary N) is 1. The van der Waals surface area contributed by atoms with Crippen molar-refractivity contribution >= 4 is 45.2 Å². The van der Waals surface area contributed by atoms with Crippen LogP contribution in [-0.2, 0) is 0 Å². The van der Waals surface area contributed by atoms with Crippen molar-refractivity contribution in [1.29, 1.82) is 0 Å². The van der Waals surface area contributed by atoms with E-state index in [4.69, 9.17) is 27.1 Å². The molecule has 6 heterocycles. The van der Waals surface area contributed by atoms with Gasteiger partial charge in [-0.25, -0.2) is 23.1 Å². The number of piperazine rings is 1. The van der Waals surface area contributed by atoms with E-state index in [0.29, 0.717) is 37.4 Å². The van der Waals surface area contributed by atoms with E-state index in [1.54, 1.807) is 18.2 Å². The molecule has 43 heavy (non-hydrogen) atoms. The summed E-state index contributed by atoms with van der Waals surface area (Å²) >= 11 is 6.48. The Morgan fingerprint density at radius 1 is 1.09 bits per heavy atom. The summed E-state index contributed by atoms with van der Waals surface area (Å²) < 4.78 is 53.4. The summed E-state index contributed by atoms with van der Waals surface area (Å²) in [7, 11) is 0. The quantitative estimate of drug-likeness (QED) is 0.334. The lowest BCUT2D eigenvalue weighted by Crippen LogP contribution is -2.51. The number of hydrogen-bond donors (Lipinski definition) is 2. The molecule has 224 valence electrons. The number of benzene rings is 2. The van der Waals surface area contributed by atoms with Crippen molar-refractivity contribution in [3.8, 4) is 17.3 Å². The Bertz CT molecular complexity index is 1770. The number of nitrogens with two attached hydrogens (primary N) is 1. The normalized spacial score (nSPS) is 27.0. The maximum atomic E-state index is 16.7. The van der Waals surface area contributed by atoms with Crippen molar-refractivity contribution in [3.63, 3.8) is 0 Å². The minimum atomic E-state index is -0.925.